The Morgan fingerprint density at radius 2 is 1.77 bits per heavy atom. The lowest BCUT2D eigenvalue weighted by molar-refractivity contribution is -0.137. The van der Waals surface area contributed by atoms with Crippen LogP contribution >= 0.6 is 0 Å². The van der Waals surface area contributed by atoms with Crippen molar-refractivity contribution < 1.29 is 17.9 Å². The minimum Gasteiger partial charge on any atom is -0.481 e. The van der Waals surface area contributed by atoms with Gasteiger partial charge >= 0.3 is 6.18 Å². The van der Waals surface area contributed by atoms with E-state index >= 15 is 0 Å². The quantitative estimate of drug-likeness (QED) is 0.185. The number of alkyl halides is 3. The van der Waals surface area contributed by atoms with Crippen LogP contribution in [0, 0.1) is 26.2 Å². The van der Waals surface area contributed by atoms with E-state index in [9.17, 15) is 18.0 Å². The Morgan fingerprint density at radius 3 is 2.50 bits per heavy atom. The molecule has 3 aromatic carbocycles. The zero-order valence-electron chi connectivity index (χ0n) is 21.6. The highest BCUT2D eigenvalue weighted by molar-refractivity contribution is 5.83. The summed E-state index contributed by atoms with van der Waals surface area (Å²) in [7, 11) is 0. The smallest absolute Gasteiger partial charge is 0.416 e. The van der Waals surface area contributed by atoms with Crippen molar-refractivity contribution in [2.24, 2.45) is 5.10 Å². The Bertz CT molecular complexity index is 1840. The predicted octanol–water partition coefficient (Wildman–Crippen LogP) is 6.38. The highest BCUT2D eigenvalue weighted by Crippen LogP contribution is 2.32. The Kier molecular flexibility index (Phi) is 7.01. The largest absolute Gasteiger partial charge is 0.481 e. The van der Waals surface area contributed by atoms with Crippen molar-refractivity contribution in [2.75, 3.05) is 6.61 Å². The van der Waals surface area contributed by atoms with Gasteiger partial charge in [-0.2, -0.15) is 22.9 Å². The summed E-state index contributed by atoms with van der Waals surface area (Å²) in [6.07, 6.45) is 2.21. The molecule has 5 aromatic rings. The molecule has 6 nitrogen and oxygen atoms in total. The number of aromatic nitrogens is 3. The first-order chi connectivity index (χ1) is 19.2. The monoisotopic (exact) mass is 540 g/mol. The number of aryl methyl sites for hydroxylation is 1. The first kappa shape index (κ1) is 26.5. The topological polar surface area (TPSA) is 61.4 Å². The molecule has 0 radical (unpaired) electrons. The lowest BCUT2D eigenvalue weighted by atomic mass is 10.1. The molecule has 0 saturated carbocycles. The third kappa shape index (κ3) is 5.12. The number of terminal acetylenes is 1. The number of nitrogens with zero attached hydrogens (tertiary/aromatic N) is 4. The van der Waals surface area contributed by atoms with Crippen LogP contribution < -0.4 is 10.3 Å². The molecule has 0 fully saturated rings. The van der Waals surface area contributed by atoms with Gasteiger partial charge in [-0.1, -0.05) is 30.2 Å². The second-order valence-electron chi connectivity index (χ2n) is 9.04. The molecule has 2 heterocycles. The van der Waals surface area contributed by atoms with Gasteiger partial charge in [0.1, 0.15) is 12.4 Å². The second-order valence-corrected chi connectivity index (χ2v) is 9.04. The van der Waals surface area contributed by atoms with Crippen molar-refractivity contribution in [3.8, 4) is 35.2 Å². The van der Waals surface area contributed by atoms with Crippen LogP contribution in [0.5, 0.6) is 5.75 Å². The van der Waals surface area contributed by atoms with Gasteiger partial charge in [0.25, 0.3) is 5.56 Å². The summed E-state index contributed by atoms with van der Waals surface area (Å²) in [6, 6.07) is 20.7. The summed E-state index contributed by atoms with van der Waals surface area (Å²) in [5.74, 6) is 3.08. The van der Waals surface area contributed by atoms with Gasteiger partial charge in [-0.15, -0.1) is 6.42 Å². The molecule has 0 saturated heterocycles. The maximum atomic E-state index is 13.5. The molecule has 0 unspecified atom stereocenters. The molecular weight excluding hydrogens is 517 g/mol. The van der Waals surface area contributed by atoms with Gasteiger partial charge < -0.3 is 9.30 Å². The van der Waals surface area contributed by atoms with Gasteiger partial charge in [0.05, 0.1) is 22.7 Å². The number of rotatable bonds is 6. The number of halogens is 3. The van der Waals surface area contributed by atoms with Gasteiger partial charge in [0.2, 0.25) is 0 Å². The van der Waals surface area contributed by atoms with Gasteiger partial charge in [-0.3, -0.25) is 4.79 Å². The van der Waals surface area contributed by atoms with Gasteiger partial charge in [-0.05, 0) is 68.4 Å². The molecule has 0 aliphatic heterocycles. The number of para-hydroxylation sites is 1. The first-order valence-corrected chi connectivity index (χ1v) is 12.3. The minimum atomic E-state index is -4.55. The Morgan fingerprint density at radius 1 is 1.02 bits per heavy atom. The van der Waals surface area contributed by atoms with E-state index in [2.05, 4.69) is 16.0 Å². The fourth-order valence-electron chi connectivity index (χ4n) is 4.50. The molecule has 0 bridgehead atoms. The maximum Gasteiger partial charge on any atom is 0.416 e. The van der Waals surface area contributed by atoms with E-state index in [1.807, 2.05) is 48.7 Å². The van der Waals surface area contributed by atoms with Crippen LogP contribution in [-0.2, 0) is 6.18 Å². The highest BCUT2D eigenvalue weighted by atomic mass is 19.4. The van der Waals surface area contributed by atoms with Gasteiger partial charge in [0, 0.05) is 28.2 Å². The summed E-state index contributed by atoms with van der Waals surface area (Å²) in [5.41, 5.74) is 2.51. The van der Waals surface area contributed by atoms with Gasteiger partial charge in [-0.25, -0.2) is 4.98 Å². The minimum absolute atomic E-state index is 0.00224. The SMILES string of the molecule is C#CCOc1ccc(-n2c(C)cc(C=Nn3c(-c4cccc(C(F)(F)F)c4)nc4ccccc4c3=O)c2C)cc1. The standard InChI is InChI=1S/C31H23F3N4O2/c1-4-16-40-26-14-12-25(13-15-26)37-20(2)17-23(21(37)3)19-35-38-29(22-8-7-9-24(18-22)31(32,33)34)36-28-11-6-5-10-27(28)30(38)39/h1,5-15,17-19H,16H2,2-3H3. The van der Waals surface area contributed by atoms with Crippen molar-refractivity contribution in [1.82, 2.24) is 14.2 Å². The Balaban J connectivity index is 1.59. The molecule has 9 heteroatoms. The molecule has 0 spiro atoms. The van der Waals surface area contributed by atoms with E-state index < -0.39 is 17.3 Å². The van der Waals surface area contributed by atoms with Crippen LogP contribution in [0.3, 0.4) is 0 Å². The van der Waals surface area contributed by atoms with E-state index in [0.717, 1.165) is 39.4 Å². The lowest BCUT2D eigenvalue weighted by Gasteiger charge is -2.12. The van der Waals surface area contributed by atoms with Crippen LogP contribution in [0.1, 0.15) is 22.5 Å². The predicted molar refractivity (Wildman–Crippen MR) is 149 cm³/mol. The molecule has 40 heavy (non-hydrogen) atoms. The van der Waals surface area contributed by atoms with E-state index in [1.165, 1.54) is 18.3 Å². The van der Waals surface area contributed by atoms with E-state index in [0.29, 0.717) is 16.7 Å². The lowest BCUT2D eigenvalue weighted by Crippen LogP contribution is -2.20. The Labute approximate surface area is 228 Å². The molecule has 5 rings (SSSR count). The highest BCUT2D eigenvalue weighted by Gasteiger charge is 2.31. The van der Waals surface area contributed by atoms with Crippen molar-refractivity contribution >= 4 is 17.1 Å². The molecule has 0 N–H and O–H groups in total. The molecule has 0 aliphatic carbocycles. The molecule has 2 aromatic heterocycles. The van der Waals surface area contributed by atoms with Crippen LogP contribution in [0.2, 0.25) is 0 Å². The van der Waals surface area contributed by atoms with Crippen molar-refractivity contribution in [1.29, 1.82) is 0 Å². The van der Waals surface area contributed by atoms with Crippen LogP contribution in [0.15, 0.2) is 88.8 Å². The van der Waals surface area contributed by atoms with E-state index in [4.69, 9.17) is 11.2 Å². The molecular formula is C31H23F3N4O2. The zero-order chi connectivity index (χ0) is 28.4. The zero-order valence-corrected chi connectivity index (χ0v) is 21.6. The molecule has 0 aliphatic rings. The number of benzene rings is 3. The molecule has 0 amide bonds. The molecule has 0 atom stereocenters. The van der Waals surface area contributed by atoms with Crippen molar-refractivity contribution in [3.05, 3.63) is 112 Å². The normalized spacial score (nSPS) is 11.7. The maximum absolute atomic E-state index is 13.5. The summed E-state index contributed by atoms with van der Waals surface area (Å²) >= 11 is 0. The number of fused-ring (bicyclic) bond motifs is 1. The van der Waals surface area contributed by atoms with Crippen LogP contribution in [0.25, 0.3) is 28.0 Å². The van der Waals surface area contributed by atoms with Crippen molar-refractivity contribution in [3.63, 3.8) is 0 Å². The fraction of sp³-hybridized carbons (Fsp3) is 0.129. The number of hydrogen-bond donors (Lipinski definition) is 0. The third-order valence-electron chi connectivity index (χ3n) is 6.40. The van der Waals surface area contributed by atoms with Crippen LogP contribution in [0.4, 0.5) is 13.2 Å². The van der Waals surface area contributed by atoms with Crippen molar-refractivity contribution in [2.45, 2.75) is 20.0 Å². The van der Waals surface area contributed by atoms with E-state index in [1.54, 1.807) is 24.3 Å². The van der Waals surface area contributed by atoms with Crippen LogP contribution in [-0.4, -0.2) is 27.0 Å². The Hall–Kier alpha value is -5.10. The third-order valence-corrected chi connectivity index (χ3v) is 6.40. The summed E-state index contributed by atoms with van der Waals surface area (Å²) in [4.78, 5) is 18.0. The number of hydrogen-bond acceptors (Lipinski definition) is 4. The van der Waals surface area contributed by atoms with Gasteiger partial charge in [0.15, 0.2) is 5.82 Å². The molecule has 200 valence electrons. The second kappa shape index (κ2) is 10.6. The average Bonchev–Trinajstić information content (AvgIpc) is 3.23. The summed E-state index contributed by atoms with van der Waals surface area (Å²) in [6.45, 7) is 4.02. The summed E-state index contributed by atoms with van der Waals surface area (Å²) < 4.78 is 48.9. The fourth-order valence-corrected chi connectivity index (χ4v) is 4.50. The number of ether oxygens (including phenoxy) is 1. The summed E-state index contributed by atoms with van der Waals surface area (Å²) in [5, 5.41) is 4.73. The first-order valence-electron chi connectivity index (χ1n) is 12.3. The van der Waals surface area contributed by atoms with E-state index in [-0.39, 0.29) is 18.0 Å². The average molecular weight is 541 g/mol.